The van der Waals surface area contributed by atoms with Crippen LogP contribution in [0, 0.1) is 11.3 Å². The van der Waals surface area contributed by atoms with Crippen molar-refractivity contribution >= 4 is 38.7 Å². The number of nitrogens with zero attached hydrogens (tertiary/aromatic N) is 1. The molecule has 2 N–H and O–H groups in total. The maximum atomic E-state index is 8.67. The van der Waals surface area contributed by atoms with Gasteiger partial charge < -0.3 is 5.73 Å². The average Bonchev–Trinajstić information content (AvgIpc) is 2.45. The van der Waals surface area contributed by atoms with Crippen LogP contribution in [0.1, 0.15) is 5.56 Å². The Morgan fingerprint density at radius 1 is 1.50 bits per heavy atom. The second kappa shape index (κ2) is 3.49. The zero-order chi connectivity index (χ0) is 10.1. The molecule has 0 unspecified atom stereocenters. The van der Waals surface area contributed by atoms with Gasteiger partial charge in [-0.25, -0.2) is 0 Å². The first-order valence-corrected chi connectivity index (χ1v) is 5.26. The number of hydrogen-bond donors (Lipinski definition) is 1. The molecule has 0 spiro atoms. The monoisotopic (exact) mass is 222 g/mol. The third kappa shape index (κ3) is 1.33. The van der Waals surface area contributed by atoms with E-state index >= 15 is 0 Å². The zero-order valence-corrected chi connectivity index (χ0v) is 8.82. The van der Waals surface area contributed by atoms with Crippen molar-refractivity contribution in [2.45, 2.75) is 6.42 Å². The van der Waals surface area contributed by atoms with Gasteiger partial charge in [0.25, 0.3) is 0 Å². The smallest absolute Gasteiger partial charge is 0.0984 e. The molecule has 0 saturated heterocycles. The number of halogens is 1. The quantitative estimate of drug-likeness (QED) is 0.754. The Kier molecular flexibility index (Phi) is 2.32. The molecule has 0 saturated carbocycles. The highest BCUT2D eigenvalue weighted by Gasteiger charge is 2.11. The molecule has 1 aromatic heterocycles. The van der Waals surface area contributed by atoms with Crippen molar-refractivity contribution in [2.75, 3.05) is 5.73 Å². The summed E-state index contributed by atoms with van der Waals surface area (Å²) in [6, 6.07) is 7.77. The summed E-state index contributed by atoms with van der Waals surface area (Å²) in [6.07, 6.45) is 0.313. The van der Waals surface area contributed by atoms with Gasteiger partial charge in [-0.3, -0.25) is 0 Å². The maximum Gasteiger partial charge on any atom is 0.0984 e. The van der Waals surface area contributed by atoms with E-state index in [1.165, 1.54) is 11.3 Å². The summed E-state index contributed by atoms with van der Waals surface area (Å²) in [5.41, 5.74) is 7.38. The summed E-state index contributed by atoms with van der Waals surface area (Å²) in [7, 11) is 0. The molecule has 2 rings (SSSR count). The Labute approximate surface area is 90.5 Å². The highest BCUT2D eigenvalue weighted by molar-refractivity contribution is 7.23. The summed E-state index contributed by atoms with van der Waals surface area (Å²) in [5.74, 6) is 0. The van der Waals surface area contributed by atoms with Crippen LogP contribution in [-0.2, 0) is 6.42 Å². The fourth-order valence-corrected chi connectivity index (χ4v) is 2.84. The molecule has 2 nitrogen and oxygen atoms in total. The summed E-state index contributed by atoms with van der Waals surface area (Å²) in [5, 5.41) is 9.60. The fraction of sp³-hybridized carbons (Fsp3) is 0.100. The van der Waals surface area contributed by atoms with Crippen molar-refractivity contribution in [1.29, 1.82) is 5.26 Å². The van der Waals surface area contributed by atoms with Crippen LogP contribution in [0.25, 0.3) is 10.1 Å². The first-order chi connectivity index (χ1) is 6.74. The van der Waals surface area contributed by atoms with Crippen LogP contribution in [-0.4, -0.2) is 0 Å². The Morgan fingerprint density at radius 2 is 2.29 bits per heavy atom. The molecule has 0 radical (unpaired) electrons. The van der Waals surface area contributed by atoms with E-state index < -0.39 is 0 Å². The lowest BCUT2D eigenvalue weighted by Gasteiger charge is -1.97. The molecule has 0 aliphatic carbocycles. The van der Waals surface area contributed by atoms with Gasteiger partial charge in [-0.1, -0.05) is 17.7 Å². The van der Waals surface area contributed by atoms with E-state index in [0.717, 1.165) is 15.6 Å². The van der Waals surface area contributed by atoms with Gasteiger partial charge in [-0.05, 0) is 12.1 Å². The van der Waals surface area contributed by atoms with Gasteiger partial charge in [0, 0.05) is 21.3 Å². The highest BCUT2D eigenvalue weighted by atomic mass is 35.5. The summed E-state index contributed by atoms with van der Waals surface area (Å²) in [4.78, 5) is 0. The first kappa shape index (κ1) is 9.32. The summed E-state index contributed by atoms with van der Waals surface area (Å²) >= 11 is 7.50. The highest BCUT2D eigenvalue weighted by Crippen LogP contribution is 2.38. The number of nitrogen functional groups attached to an aromatic ring is 1. The molecule has 0 aliphatic rings. The summed E-state index contributed by atoms with van der Waals surface area (Å²) in [6.45, 7) is 0. The molecule has 1 heterocycles. The van der Waals surface area contributed by atoms with Gasteiger partial charge in [0.2, 0.25) is 0 Å². The number of rotatable bonds is 1. The van der Waals surface area contributed by atoms with Crippen molar-refractivity contribution in [2.24, 2.45) is 0 Å². The van der Waals surface area contributed by atoms with Crippen molar-refractivity contribution in [3.8, 4) is 6.07 Å². The molecule has 14 heavy (non-hydrogen) atoms. The Hall–Kier alpha value is -1.24. The second-order valence-corrected chi connectivity index (χ2v) is 4.56. The number of hydrogen-bond acceptors (Lipinski definition) is 3. The Bertz CT molecular complexity index is 525. The predicted molar refractivity (Wildman–Crippen MR) is 60.6 cm³/mol. The summed E-state index contributed by atoms with van der Waals surface area (Å²) < 4.78 is 1.71. The minimum Gasteiger partial charge on any atom is -0.398 e. The van der Waals surface area contributed by atoms with Crippen LogP contribution >= 0.6 is 22.9 Å². The van der Waals surface area contributed by atoms with E-state index in [-0.39, 0.29) is 0 Å². The normalized spacial score (nSPS) is 10.3. The third-order valence-corrected chi connectivity index (χ3v) is 3.50. The number of nitriles is 1. The number of benzene rings is 1. The number of fused-ring (bicyclic) bond motifs is 1. The largest absolute Gasteiger partial charge is 0.398 e. The molecule has 0 atom stereocenters. The molecule has 0 amide bonds. The van der Waals surface area contributed by atoms with E-state index in [4.69, 9.17) is 22.6 Å². The van der Waals surface area contributed by atoms with Gasteiger partial charge in [0.1, 0.15) is 0 Å². The van der Waals surface area contributed by atoms with E-state index in [2.05, 4.69) is 6.07 Å². The molecular formula is C10H7ClN2S. The molecular weight excluding hydrogens is 216 g/mol. The lowest BCUT2D eigenvalue weighted by atomic mass is 10.1. The molecule has 0 bridgehead atoms. The third-order valence-electron chi connectivity index (χ3n) is 2.05. The van der Waals surface area contributed by atoms with Gasteiger partial charge in [0.15, 0.2) is 0 Å². The van der Waals surface area contributed by atoms with Crippen molar-refractivity contribution in [1.82, 2.24) is 0 Å². The lowest BCUT2D eigenvalue weighted by Crippen LogP contribution is -1.87. The van der Waals surface area contributed by atoms with Crippen LogP contribution in [0.3, 0.4) is 0 Å². The standard InChI is InChI=1S/C10H7ClN2S/c11-10-6(4-5-12)9-7(13)2-1-3-8(9)14-10/h1-3H,4,13H2. The van der Waals surface area contributed by atoms with Crippen molar-refractivity contribution in [3.05, 3.63) is 28.1 Å². The van der Waals surface area contributed by atoms with Crippen LogP contribution in [0.5, 0.6) is 0 Å². The SMILES string of the molecule is N#CCc1c(Cl)sc2cccc(N)c12. The van der Waals surface area contributed by atoms with Crippen molar-refractivity contribution in [3.63, 3.8) is 0 Å². The van der Waals surface area contributed by atoms with Gasteiger partial charge in [-0.2, -0.15) is 5.26 Å². The molecule has 1 aromatic carbocycles. The lowest BCUT2D eigenvalue weighted by molar-refractivity contribution is 1.30. The average molecular weight is 223 g/mol. The van der Waals surface area contributed by atoms with Crippen molar-refractivity contribution < 1.29 is 0 Å². The fourth-order valence-electron chi connectivity index (χ4n) is 1.45. The topological polar surface area (TPSA) is 49.8 Å². The van der Waals surface area contributed by atoms with E-state index in [0.29, 0.717) is 16.4 Å². The predicted octanol–water partition coefficient (Wildman–Crippen LogP) is 3.20. The minimum absolute atomic E-state index is 0.313. The van der Waals surface area contributed by atoms with Gasteiger partial charge in [0.05, 0.1) is 16.8 Å². The van der Waals surface area contributed by atoms with E-state index in [1.54, 1.807) is 0 Å². The number of thiophene rings is 1. The number of nitrogens with two attached hydrogens (primary N) is 1. The molecule has 70 valence electrons. The second-order valence-electron chi connectivity index (χ2n) is 2.91. The Balaban J connectivity index is 2.81. The van der Waals surface area contributed by atoms with Crippen LogP contribution in [0.15, 0.2) is 18.2 Å². The molecule has 0 fully saturated rings. The zero-order valence-electron chi connectivity index (χ0n) is 7.25. The molecule has 0 aliphatic heterocycles. The Morgan fingerprint density at radius 3 is 3.00 bits per heavy atom. The minimum atomic E-state index is 0.313. The van der Waals surface area contributed by atoms with E-state index in [1.807, 2.05) is 18.2 Å². The van der Waals surface area contributed by atoms with Crippen LogP contribution in [0.2, 0.25) is 4.34 Å². The van der Waals surface area contributed by atoms with Gasteiger partial charge in [-0.15, -0.1) is 11.3 Å². The first-order valence-electron chi connectivity index (χ1n) is 4.06. The number of anilines is 1. The van der Waals surface area contributed by atoms with Crippen LogP contribution < -0.4 is 5.73 Å². The molecule has 2 aromatic rings. The maximum absolute atomic E-state index is 8.67. The van der Waals surface area contributed by atoms with Gasteiger partial charge >= 0.3 is 0 Å². The van der Waals surface area contributed by atoms with Crippen LogP contribution in [0.4, 0.5) is 5.69 Å². The molecule has 4 heteroatoms. The van der Waals surface area contributed by atoms with E-state index in [9.17, 15) is 0 Å².